The van der Waals surface area contributed by atoms with E-state index < -0.39 is 5.91 Å². The summed E-state index contributed by atoms with van der Waals surface area (Å²) in [5.41, 5.74) is 4.64. The Morgan fingerprint density at radius 3 is 2.60 bits per heavy atom. The van der Waals surface area contributed by atoms with Crippen molar-refractivity contribution in [2.24, 2.45) is 0 Å². The lowest BCUT2D eigenvalue weighted by Gasteiger charge is -2.19. The summed E-state index contributed by atoms with van der Waals surface area (Å²) in [7, 11) is 0. The molecule has 5 nitrogen and oxygen atoms in total. The molecule has 0 radical (unpaired) electrons. The summed E-state index contributed by atoms with van der Waals surface area (Å²) in [6.45, 7) is 0.453. The van der Waals surface area contributed by atoms with E-state index in [0.29, 0.717) is 6.54 Å². The summed E-state index contributed by atoms with van der Waals surface area (Å²) in [4.78, 5) is 12.1. The number of amidine groups is 1. The molecule has 2 aromatic rings. The molecule has 20 heavy (non-hydrogen) atoms. The summed E-state index contributed by atoms with van der Waals surface area (Å²) < 4.78 is 0. The molecule has 1 aliphatic heterocycles. The van der Waals surface area contributed by atoms with Crippen LogP contribution in [0, 0.1) is 5.41 Å². The van der Waals surface area contributed by atoms with E-state index in [1.165, 1.54) is 17.1 Å². The van der Waals surface area contributed by atoms with Gasteiger partial charge in [-0.2, -0.15) is 0 Å². The zero-order valence-corrected chi connectivity index (χ0v) is 10.6. The van der Waals surface area contributed by atoms with Crippen molar-refractivity contribution in [3.05, 3.63) is 65.2 Å². The second-order valence-corrected chi connectivity index (χ2v) is 4.55. The van der Waals surface area contributed by atoms with Gasteiger partial charge in [0, 0.05) is 5.56 Å². The molecule has 0 atom stereocenters. The number of nitrogens with one attached hydrogen (secondary N) is 2. The van der Waals surface area contributed by atoms with Crippen molar-refractivity contribution in [3.63, 3.8) is 0 Å². The highest BCUT2D eigenvalue weighted by Gasteiger charge is 2.25. The fourth-order valence-electron chi connectivity index (χ4n) is 2.23. The number of benzene rings is 2. The van der Waals surface area contributed by atoms with Crippen LogP contribution in [0.5, 0.6) is 5.75 Å². The van der Waals surface area contributed by atoms with E-state index in [2.05, 4.69) is 5.43 Å². The number of rotatable bonds is 2. The lowest BCUT2D eigenvalue weighted by atomic mass is 10.1. The van der Waals surface area contributed by atoms with Crippen molar-refractivity contribution in [1.82, 2.24) is 10.4 Å². The minimum atomic E-state index is -0.430. The standard InChI is InChI=1S/C15H13N3O2/c16-14-11-6-2-1-5-10(11)9-18(14)17-15(20)12-7-3-4-8-13(12)19/h1-8,16,19H,9H2,(H,17,20). The molecular formula is C15H13N3O2. The van der Waals surface area contributed by atoms with Crippen LogP contribution >= 0.6 is 0 Å². The lowest BCUT2D eigenvalue weighted by molar-refractivity contribution is 0.0866. The highest BCUT2D eigenvalue weighted by atomic mass is 16.3. The highest BCUT2D eigenvalue weighted by molar-refractivity contribution is 6.03. The Morgan fingerprint density at radius 1 is 1.15 bits per heavy atom. The molecule has 100 valence electrons. The highest BCUT2D eigenvalue weighted by Crippen LogP contribution is 2.21. The number of phenolic OH excluding ortho intramolecular Hbond substituents is 1. The molecule has 5 heteroatoms. The van der Waals surface area contributed by atoms with Crippen molar-refractivity contribution in [2.75, 3.05) is 0 Å². The fraction of sp³-hybridized carbons (Fsp3) is 0.0667. The van der Waals surface area contributed by atoms with Gasteiger partial charge < -0.3 is 5.11 Å². The van der Waals surface area contributed by atoms with Crippen LogP contribution in [0.3, 0.4) is 0 Å². The zero-order chi connectivity index (χ0) is 14.1. The minimum Gasteiger partial charge on any atom is -0.507 e. The number of carbonyl (C=O) groups is 1. The number of para-hydroxylation sites is 1. The van der Waals surface area contributed by atoms with Gasteiger partial charge in [-0.15, -0.1) is 0 Å². The molecular weight excluding hydrogens is 254 g/mol. The molecule has 1 amide bonds. The Morgan fingerprint density at radius 2 is 1.85 bits per heavy atom. The Balaban J connectivity index is 1.79. The van der Waals surface area contributed by atoms with E-state index in [4.69, 9.17) is 5.41 Å². The third-order valence-corrected chi connectivity index (χ3v) is 3.26. The summed E-state index contributed by atoms with van der Waals surface area (Å²) in [6, 6.07) is 13.9. The number of fused-ring (bicyclic) bond motifs is 1. The number of nitrogens with zero attached hydrogens (tertiary/aromatic N) is 1. The smallest absolute Gasteiger partial charge is 0.273 e. The Kier molecular flexibility index (Phi) is 2.87. The van der Waals surface area contributed by atoms with Gasteiger partial charge in [-0.3, -0.25) is 20.6 Å². The summed E-state index contributed by atoms with van der Waals surface area (Å²) in [5.74, 6) is -0.252. The first-order valence-corrected chi connectivity index (χ1v) is 6.20. The average molecular weight is 267 g/mol. The van der Waals surface area contributed by atoms with E-state index in [-0.39, 0.29) is 17.1 Å². The Bertz CT molecular complexity index is 697. The number of amides is 1. The largest absolute Gasteiger partial charge is 0.507 e. The molecule has 0 aromatic heterocycles. The number of hydrazine groups is 1. The molecule has 0 spiro atoms. The number of hydrogen-bond acceptors (Lipinski definition) is 3. The quantitative estimate of drug-likeness (QED) is 0.777. The average Bonchev–Trinajstić information content (AvgIpc) is 2.76. The van der Waals surface area contributed by atoms with Crippen LogP contribution < -0.4 is 5.43 Å². The monoisotopic (exact) mass is 267 g/mol. The number of carbonyl (C=O) groups excluding carboxylic acids is 1. The van der Waals surface area contributed by atoms with Crippen LogP contribution in [0.15, 0.2) is 48.5 Å². The van der Waals surface area contributed by atoms with Crippen LogP contribution in [0.2, 0.25) is 0 Å². The topological polar surface area (TPSA) is 76.4 Å². The predicted molar refractivity (Wildman–Crippen MR) is 74.4 cm³/mol. The van der Waals surface area contributed by atoms with Gasteiger partial charge in [0.15, 0.2) is 0 Å². The second-order valence-electron chi connectivity index (χ2n) is 4.55. The van der Waals surface area contributed by atoms with E-state index in [1.54, 1.807) is 12.1 Å². The van der Waals surface area contributed by atoms with Crippen molar-refractivity contribution in [1.29, 1.82) is 5.41 Å². The lowest BCUT2D eigenvalue weighted by Crippen LogP contribution is -2.42. The first kappa shape index (κ1) is 12.2. The molecule has 0 saturated carbocycles. The summed E-state index contributed by atoms with van der Waals surface area (Å²) in [5, 5.41) is 19.2. The number of aromatic hydroxyl groups is 1. The van der Waals surface area contributed by atoms with E-state index in [1.807, 2.05) is 24.3 Å². The van der Waals surface area contributed by atoms with E-state index >= 15 is 0 Å². The maximum atomic E-state index is 12.1. The van der Waals surface area contributed by atoms with Gasteiger partial charge in [0.05, 0.1) is 12.1 Å². The molecule has 0 unspecified atom stereocenters. The first-order valence-electron chi connectivity index (χ1n) is 6.20. The second kappa shape index (κ2) is 4.70. The molecule has 0 fully saturated rings. The molecule has 0 bridgehead atoms. The predicted octanol–water partition coefficient (Wildman–Crippen LogP) is 1.88. The van der Waals surface area contributed by atoms with Gasteiger partial charge in [0.2, 0.25) is 0 Å². The molecule has 3 rings (SSSR count). The third kappa shape index (κ3) is 1.99. The van der Waals surface area contributed by atoms with Gasteiger partial charge in [-0.25, -0.2) is 0 Å². The van der Waals surface area contributed by atoms with Crippen LogP contribution in [0.25, 0.3) is 0 Å². The van der Waals surface area contributed by atoms with Crippen molar-refractivity contribution < 1.29 is 9.90 Å². The molecule has 2 aromatic carbocycles. The normalized spacial score (nSPS) is 13.2. The van der Waals surface area contributed by atoms with Crippen molar-refractivity contribution in [2.45, 2.75) is 6.54 Å². The van der Waals surface area contributed by atoms with Gasteiger partial charge in [-0.1, -0.05) is 36.4 Å². The van der Waals surface area contributed by atoms with Crippen molar-refractivity contribution >= 4 is 11.7 Å². The molecule has 0 saturated heterocycles. The minimum absolute atomic E-state index is 0.0757. The Hall–Kier alpha value is -2.82. The van der Waals surface area contributed by atoms with Crippen LogP contribution in [-0.4, -0.2) is 21.9 Å². The zero-order valence-electron chi connectivity index (χ0n) is 10.6. The molecule has 1 aliphatic rings. The number of phenols is 1. The number of hydrogen-bond donors (Lipinski definition) is 3. The Labute approximate surface area is 115 Å². The third-order valence-electron chi connectivity index (χ3n) is 3.26. The van der Waals surface area contributed by atoms with Gasteiger partial charge in [0.1, 0.15) is 11.6 Å². The SMILES string of the molecule is N=C1c2ccccc2CN1NC(=O)c1ccccc1O. The molecule has 1 heterocycles. The van der Waals surface area contributed by atoms with Gasteiger partial charge in [0.25, 0.3) is 5.91 Å². The first-order chi connectivity index (χ1) is 9.66. The van der Waals surface area contributed by atoms with Crippen LogP contribution in [0.4, 0.5) is 0 Å². The van der Waals surface area contributed by atoms with E-state index in [0.717, 1.165) is 11.1 Å². The maximum Gasteiger partial charge on any atom is 0.273 e. The van der Waals surface area contributed by atoms with Crippen molar-refractivity contribution in [3.8, 4) is 5.75 Å². The molecule has 3 N–H and O–H groups in total. The summed E-state index contributed by atoms with van der Waals surface area (Å²) >= 11 is 0. The summed E-state index contributed by atoms with van der Waals surface area (Å²) in [6.07, 6.45) is 0. The van der Waals surface area contributed by atoms with Crippen LogP contribution in [0.1, 0.15) is 21.5 Å². The van der Waals surface area contributed by atoms with Crippen LogP contribution in [-0.2, 0) is 6.54 Å². The van der Waals surface area contributed by atoms with E-state index in [9.17, 15) is 9.90 Å². The van der Waals surface area contributed by atoms with Gasteiger partial charge in [-0.05, 0) is 17.7 Å². The van der Waals surface area contributed by atoms with Gasteiger partial charge >= 0.3 is 0 Å². The molecule has 0 aliphatic carbocycles. The maximum absolute atomic E-state index is 12.1. The fourth-order valence-corrected chi connectivity index (χ4v) is 2.23.